The number of amides is 2. The van der Waals surface area contributed by atoms with Gasteiger partial charge >= 0.3 is 0 Å². The zero-order valence-corrected chi connectivity index (χ0v) is 15.5. The first-order chi connectivity index (χ1) is 13.2. The topological polar surface area (TPSA) is 99.8 Å². The standard InChI is InChI=1S/C20H27N5O2/c26-19(9-8-16-3-1-2-12-21-16)24-17-6-4-15(5-7-17)20(27)22-13-10-18-11-14-23-25-18/h1-3,11-12,14-15,17H,4-10,13H2,(H,22,27)(H,23,25)(H,24,26). The minimum absolute atomic E-state index is 0.0495. The van der Waals surface area contributed by atoms with Crippen LogP contribution in [0.25, 0.3) is 0 Å². The highest BCUT2D eigenvalue weighted by Gasteiger charge is 2.26. The number of nitrogens with zero attached hydrogens (tertiary/aromatic N) is 2. The Labute approximate surface area is 159 Å². The first-order valence-electron chi connectivity index (χ1n) is 9.66. The molecule has 1 fully saturated rings. The molecule has 27 heavy (non-hydrogen) atoms. The highest BCUT2D eigenvalue weighted by Crippen LogP contribution is 2.24. The summed E-state index contributed by atoms with van der Waals surface area (Å²) in [7, 11) is 0. The summed E-state index contributed by atoms with van der Waals surface area (Å²) < 4.78 is 0. The molecular weight excluding hydrogens is 342 g/mol. The molecule has 0 aliphatic heterocycles. The monoisotopic (exact) mass is 369 g/mol. The number of hydrogen-bond acceptors (Lipinski definition) is 4. The van der Waals surface area contributed by atoms with E-state index in [1.807, 2.05) is 24.3 Å². The molecule has 0 atom stereocenters. The van der Waals surface area contributed by atoms with E-state index in [1.54, 1.807) is 12.4 Å². The van der Waals surface area contributed by atoms with Crippen molar-refractivity contribution in [2.75, 3.05) is 6.54 Å². The van der Waals surface area contributed by atoms with E-state index in [-0.39, 0.29) is 23.8 Å². The molecule has 2 amide bonds. The molecule has 1 saturated carbocycles. The van der Waals surface area contributed by atoms with Gasteiger partial charge in [-0.25, -0.2) is 0 Å². The SMILES string of the molecule is O=C(CCc1ccccn1)NC1CCC(C(=O)NCCc2ccn[nH]2)CC1. The summed E-state index contributed by atoms with van der Waals surface area (Å²) in [5, 5.41) is 12.9. The van der Waals surface area contributed by atoms with Gasteiger partial charge in [-0.2, -0.15) is 5.10 Å². The van der Waals surface area contributed by atoms with E-state index in [1.165, 1.54) is 0 Å². The van der Waals surface area contributed by atoms with Crippen LogP contribution in [0, 0.1) is 5.92 Å². The molecule has 0 aromatic carbocycles. The largest absolute Gasteiger partial charge is 0.355 e. The maximum Gasteiger partial charge on any atom is 0.223 e. The van der Waals surface area contributed by atoms with Gasteiger partial charge in [-0.05, 0) is 50.3 Å². The predicted molar refractivity (Wildman–Crippen MR) is 102 cm³/mol. The van der Waals surface area contributed by atoms with Gasteiger partial charge in [-0.15, -0.1) is 0 Å². The Morgan fingerprint density at radius 3 is 2.63 bits per heavy atom. The maximum absolute atomic E-state index is 12.3. The number of carbonyl (C=O) groups excluding carboxylic acids is 2. The second-order valence-corrected chi connectivity index (χ2v) is 7.06. The number of pyridine rings is 1. The Hall–Kier alpha value is -2.70. The third kappa shape index (κ3) is 6.20. The van der Waals surface area contributed by atoms with Crippen molar-refractivity contribution >= 4 is 11.8 Å². The van der Waals surface area contributed by atoms with Crippen molar-refractivity contribution in [2.24, 2.45) is 5.92 Å². The Morgan fingerprint density at radius 2 is 1.93 bits per heavy atom. The van der Waals surface area contributed by atoms with Crippen LogP contribution in [0.3, 0.4) is 0 Å². The zero-order valence-electron chi connectivity index (χ0n) is 15.5. The first-order valence-corrected chi connectivity index (χ1v) is 9.66. The number of aromatic amines is 1. The Morgan fingerprint density at radius 1 is 1.07 bits per heavy atom. The van der Waals surface area contributed by atoms with Crippen molar-refractivity contribution in [1.29, 1.82) is 0 Å². The number of rotatable bonds is 8. The van der Waals surface area contributed by atoms with Crippen molar-refractivity contribution in [3.05, 3.63) is 48.0 Å². The lowest BCUT2D eigenvalue weighted by Crippen LogP contribution is -2.41. The molecule has 0 saturated heterocycles. The molecule has 2 aromatic heterocycles. The molecule has 2 aromatic rings. The van der Waals surface area contributed by atoms with Crippen LogP contribution in [0.5, 0.6) is 0 Å². The quantitative estimate of drug-likeness (QED) is 0.660. The van der Waals surface area contributed by atoms with Gasteiger partial charge in [0.2, 0.25) is 11.8 Å². The fourth-order valence-electron chi connectivity index (χ4n) is 3.48. The molecule has 0 bridgehead atoms. The average Bonchev–Trinajstić information content (AvgIpc) is 3.21. The van der Waals surface area contributed by atoms with Gasteiger partial charge in [0, 0.05) is 55.1 Å². The first kappa shape index (κ1) is 19.1. The van der Waals surface area contributed by atoms with E-state index in [0.29, 0.717) is 19.4 Å². The lowest BCUT2D eigenvalue weighted by Gasteiger charge is -2.28. The molecule has 3 rings (SSSR count). The average molecular weight is 369 g/mol. The Balaban J connectivity index is 1.31. The second-order valence-electron chi connectivity index (χ2n) is 7.06. The van der Waals surface area contributed by atoms with Gasteiger partial charge in [-0.3, -0.25) is 19.7 Å². The molecule has 1 aliphatic carbocycles. The van der Waals surface area contributed by atoms with Crippen molar-refractivity contribution in [3.63, 3.8) is 0 Å². The number of carbonyl (C=O) groups is 2. The van der Waals surface area contributed by atoms with Crippen molar-refractivity contribution in [2.45, 2.75) is 51.0 Å². The van der Waals surface area contributed by atoms with Crippen molar-refractivity contribution in [1.82, 2.24) is 25.8 Å². The lowest BCUT2D eigenvalue weighted by molar-refractivity contribution is -0.126. The summed E-state index contributed by atoms with van der Waals surface area (Å²) in [6.45, 7) is 0.616. The van der Waals surface area contributed by atoms with Gasteiger partial charge in [0.05, 0.1) is 0 Å². The fraction of sp³-hybridized carbons (Fsp3) is 0.500. The third-order valence-corrected chi connectivity index (χ3v) is 5.05. The fourth-order valence-corrected chi connectivity index (χ4v) is 3.48. The van der Waals surface area contributed by atoms with Crippen LogP contribution in [0.15, 0.2) is 36.7 Å². The van der Waals surface area contributed by atoms with Gasteiger partial charge in [0.1, 0.15) is 0 Å². The van der Waals surface area contributed by atoms with Gasteiger partial charge in [0.25, 0.3) is 0 Å². The van der Waals surface area contributed by atoms with Crippen LogP contribution in [-0.2, 0) is 22.4 Å². The van der Waals surface area contributed by atoms with Crippen LogP contribution < -0.4 is 10.6 Å². The van der Waals surface area contributed by atoms with Gasteiger partial charge < -0.3 is 10.6 Å². The molecule has 0 spiro atoms. The molecule has 0 radical (unpaired) electrons. The van der Waals surface area contributed by atoms with E-state index >= 15 is 0 Å². The molecular formula is C20H27N5O2. The van der Waals surface area contributed by atoms with E-state index < -0.39 is 0 Å². The van der Waals surface area contributed by atoms with E-state index in [0.717, 1.165) is 43.5 Å². The number of H-pyrrole nitrogens is 1. The summed E-state index contributed by atoms with van der Waals surface area (Å²) >= 11 is 0. The highest BCUT2D eigenvalue weighted by molar-refractivity contribution is 5.79. The number of aromatic nitrogens is 3. The normalized spacial score (nSPS) is 19.4. The summed E-state index contributed by atoms with van der Waals surface area (Å²) in [4.78, 5) is 28.6. The van der Waals surface area contributed by atoms with E-state index in [4.69, 9.17) is 0 Å². The zero-order chi connectivity index (χ0) is 18.9. The van der Waals surface area contributed by atoms with Crippen LogP contribution in [-0.4, -0.2) is 39.6 Å². The minimum Gasteiger partial charge on any atom is -0.355 e. The molecule has 144 valence electrons. The molecule has 7 nitrogen and oxygen atoms in total. The Bertz CT molecular complexity index is 709. The van der Waals surface area contributed by atoms with Crippen molar-refractivity contribution in [3.8, 4) is 0 Å². The third-order valence-electron chi connectivity index (χ3n) is 5.05. The number of nitrogens with one attached hydrogen (secondary N) is 3. The maximum atomic E-state index is 12.3. The van der Waals surface area contributed by atoms with Crippen LogP contribution in [0.2, 0.25) is 0 Å². The van der Waals surface area contributed by atoms with Gasteiger partial charge in [-0.1, -0.05) is 6.07 Å². The molecule has 3 N–H and O–H groups in total. The number of hydrogen-bond donors (Lipinski definition) is 3. The second kappa shape index (κ2) is 9.85. The molecule has 7 heteroatoms. The van der Waals surface area contributed by atoms with E-state index in [9.17, 15) is 9.59 Å². The van der Waals surface area contributed by atoms with E-state index in [2.05, 4.69) is 25.8 Å². The summed E-state index contributed by atoms with van der Waals surface area (Å²) in [5.41, 5.74) is 1.95. The van der Waals surface area contributed by atoms with Crippen LogP contribution in [0.4, 0.5) is 0 Å². The lowest BCUT2D eigenvalue weighted by atomic mass is 9.85. The van der Waals surface area contributed by atoms with Crippen LogP contribution in [0.1, 0.15) is 43.5 Å². The highest BCUT2D eigenvalue weighted by atomic mass is 16.2. The minimum atomic E-state index is 0.0495. The van der Waals surface area contributed by atoms with Gasteiger partial charge in [0.15, 0.2) is 0 Å². The van der Waals surface area contributed by atoms with Crippen LogP contribution >= 0.6 is 0 Å². The molecule has 0 unspecified atom stereocenters. The summed E-state index contributed by atoms with van der Waals surface area (Å²) in [6.07, 6.45) is 8.67. The number of aryl methyl sites for hydroxylation is 1. The molecule has 1 aliphatic rings. The Kier molecular flexibility index (Phi) is 6.96. The smallest absolute Gasteiger partial charge is 0.223 e. The predicted octanol–water partition coefficient (Wildman–Crippen LogP) is 1.77. The molecule has 2 heterocycles. The van der Waals surface area contributed by atoms with Crippen molar-refractivity contribution < 1.29 is 9.59 Å². The summed E-state index contributed by atoms with van der Waals surface area (Å²) in [5.74, 6) is 0.232. The summed E-state index contributed by atoms with van der Waals surface area (Å²) in [6, 6.07) is 7.82.